The van der Waals surface area contributed by atoms with Gasteiger partial charge < -0.3 is 9.84 Å². The van der Waals surface area contributed by atoms with Crippen molar-refractivity contribution in [3.8, 4) is 0 Å². The van der Waals surface area contributed by atoms with Crippen LogP contribution in [0.2, 0.25) is 0 Å². The van der Waals surface area contributed by atoms with Gasteiger partial charge in [0.1, 0.15) is 0 Å². The molecule has 0 saturated carbocycles. The minimum Gasteiger partial charge on any atom is -0.479 e. The fourth-order valence-electron chi connectivity index (χ4n) is 1.73. The zero-order valence-corrected chi connectivity index (χ0v) is 12.9. The SMILES string of the molecule is CCC=CCSc1ccc(CC(OCC)C(=O)O)cc1. The Labute approximate surface area is 125 Å². The molecule has 3 nitrogen and oxygen atoms in total. The largest absolute Gasteiger partial charge is 0.479 e. The van der Waals surface area contributed by atoms with Crippen molar-refractivity contribution in [2.45, 2.75) is 37.7 Å². The molecule has 0 fully saturated rings. The molecule has 0 spiro atoms. The Balaban J connectivity index is 2.52. The molecule has 0 radical (unpaired) electrons. The number of hydrogen-bond acceptors (Lipinski definition) is 3. The summed E-state index contributed by atoms with van der Waals surface area (Å²) in [5.74, 6) is 0.0548. The van der Waals surface area contributed by atoms with E-state index in [2.05, 4.69) is 19.1 Å². The standard InChI is InChI=1S/C16H22O3S/c1-3-5-6-11-20-14-9-7-13(8-10-14)12-15(16(17)18)19-4-2/h5-10,15H,3-4,11-12H2,1-2H3,(H,17,18). The first kappa shape index (κ1) is 16.8. The van der Waals surface area contributed by atoms with E-state index < -0.39 is 12.1 Å². The molecule has 4 heteroatoms. The summed E-state index contributed by atoms with van der Waals surface area (Å²) < 4.78 is 5.22. The van der Waals surface area contributed by atoms with E-state index in [0.29, 0.717) is 13.0 Å². The van der Waals surface area contributed by atoms with Crippen molar-refractivity contribution in [1.29, 1.82) is 0 Å². The number of carboxylic acid groups (broad SMARTS) is 1. The third-order valence-electron chi connectivity index (χ3n) is 2.74. The van der Waals surface area contributed by atoms with Crippen LogP contribution < -0.4 is 0 Å². The first-order chi connectivity index (χ1) is 9.67. The third-order valence-corrected chi connectivity index (χ3v) is 3.70. The lowest BCUT2D eigenvalue weighted by Crippen LogP contribution is -2.26. The van der Waals surface area contributed by atoms with Gasteiger partial charge in [0.05, 0.1) is 0 Å². The molecule has 0 aromatic heterocycles. The van der Waals surface area contributed by atoms with E-state index in [1.165, 1.54) is 4.90 Å². The van der Waals surface area contributed by atoms with Gasteiger partial charge in [0, 0.05) is 23.7 Å². The Morgan fingerprint density at radius 3 is 2.55 bits per heavy atom. The molecule has 1 N–H and O–H groups in total. The number of thioether (sulfide) groups is 1. The summed E-state index contributed by atoms with van der Waals surface area (Å²) in [6.45, 7) is 4.33. The minimum atomic E-state index is -0.907. The summed E-state index contributed by atoms with van der Waals surface area (Å²) in [6.07, 6.45) is 5.03. The molecule has 1 aromatic carbocycles. The Morgan fingerprint density at radius 2 is 2.00 bits per heavy atom. The van der Waals surface area contributed by atoms with E-state index in [1.54, 1.807) is 18.7 Å². The average Bonchev–Trinajstić information content (AvgIpc) is 2.44. The lowest BCUT2D eigenvalue weighted by Gasteiger charge is -2.12. The number of aliphatic carboxylic acids is 1. The topological polar surface area (TPSA) is 46.5 Å². The van der Waals surface area contributed by atoms with Crippen LogP contribution in [0.1, 0.15) is 25.8 Å². The molecule has 0 aliphatic rings. The molecule has 20 heavy (non-hydrogen) atoms. The van der Waals surface area contributed by atoms with Crippen molar-refractivity contribution >= 4 is 17.7 Å². The monoisotopic (exact) mass is 294 g/mol. The maximum atomic E-state index is 11.0. The fraction of sp³-hybridized carbons (Fsp3) is 0.438. The van der Waals surface area contributed by atoms with Crippen molar-refractivity contribution in [1.82, 2.24) is 0 Å². The lowest BCUT2D eigenvalue weighted by molar-refractivity contribution is -0.149. The quantitative estimate of drug-likeness (QED) is 0.556. The van der Waals surface area contributed by atoms with E-state index in [-0.39, 0.29) is 0 Å². The van der Waals surface area contributed by atoms with Gasteiger partial charge in [0.25, 0.3) is 0 Å². The molecule has 0 bridgehead atoms. The molecular weight excluding hydrogens is 272 g/mol. The van der Waals surface area contributed by atoms with Crippen molar-refractivity contribution in [2.24, 2.45) is 0 Å². The van der Waals surface area contributed by atoms with Gasteiger partial charge >= 0.3 is 5.97 Å². The molecule has 0 aliphatic heterocycles. The first-order valence-corrected chi connectivity index (χ1v) is 7.87. The Kier molecular flexibility index (Phi) is 8.07. The fourth-order valence-corrected chi connectivity index (χ4v) is 2.49. The number of carboxylic acids is 1. The molecule has 0 saturated heterocycles. The first-order valence-electron chi connectivity index (χ1n) is 6.88. The van der Waals surface area contributed by atoms with Crippen molar-refractivity contribution in [3.05, 3.63) is 42.0 Å². The molecule has 110 valence electrons. The molecule has 1 atom stereocenters. The number of rotatable bonds is 9. The Bertz CT molecular complexity index is 426. The average molecular weight is 294 g/mol. The van der Waals surface area contributed by atoms with Crippen LogP contribution in [0.25, 0.3) is 0 Å². The summed E-state index contributed by atoms with van der Waals surface area (Å²) in [6, 6.07) is 8.01. The molecule has 1 aromatic rings. The third kappa shape index (κ3) is 6.26. The molecule has 1 unspecified atom stereocenters. The highest BCUT2D eigenvalue weighted by Crippen LogP contribution is 2.19. The van der Waals surface area contributed by atoms with Gasteiger partial charge in [-0.25, -0.2) is 4.79 Å². The zero-order chi connectivity index (χ0) is 14.8. The van der Waals surface area contributed by atoms with Gasteiger partial charge in [-0.05, 0) is 31.0 Å². The second-order valence-corrected chi connectivity index (χ2v) is 5.41. The normalized spacial score (nSPS) is 12.7. The summed E-state index contributed by atoms with van der Waals surface area (Å²) in [5, 5.41) is 9.05. The maximum absolute atomic E-state index is 11.0. The van der Waals surface area contributed by atoms with Crippen LogP contribution >= 0.6 is 11.8 Å². The second-order valence-electron chi connectivity index (χ2n) is 4.32. The van der Waals surface area contributed by atoms with Crippen molar-refractivity contribution < 1.29 is 14.6 Å². The number of benzene rings is 1. The second kappa shape index (κ2) is 9.61. The van der Waals surface area contributed by atoms with Gasteiger partial charge in [-0.1, -0.05) is 31.2 Å². The molecular formula is C16H22O3S. The van der Waals surface area contributed by atoms with E-state index in [0.717, 1.165) is 17.7 Å². The van der Waals surface area contributed by atoms with Crippen LogP contribution in [-0.4, -0.2) is 29.5 Å². The highest BCUT2D eigenvalue weighted by atomic mass is 32.2. The Morgan fingerprint density at radius 1 is 1.30 bits per heavy atom. The number of hydrogen-bond donors (Lipinski definition) is 1. The van der Waals surface area contributed by atoms with Gasteiger partial charge in [0.2, 0.25) is 0 Å². The van der Waals surface area contributed by atoms with E-state index in [1.807, 2.05) is 24.3 Å². The number of carbonyl (C=O) groups is 1. The summed E-state index contributed by atoms with van der Waals surface area (Å²) in [7, 11) is 0. The van der Waals surface area contributed by atoms with Crippen LogP contribution in [0.4, 0.5) is 0 Å². The van der Waals surface area contributed by atoms with Gasteiger partial charge in [0.15, 0.2) is 6.10 Å². The van der Waals surface area contributed by atoms with E-state index in [9.17, 15) is 4.79 Å². The smallest absolute Gasteiger partial charge is 0.333 e. The van der Waals surface area contributed by atoms with Crippen molar-refractivity contribution in [2.75, 3.05) is 12.4 Å². The Hall–Kier alpha value is -1.26. The van der Waals surface area contributed by atoms with E-state index in [4.69, 9.17) is 9.84 Å². The van der Waals surface area contributed by atoms with Gasteiger partial charge in [-0.3, -0.25) is 0 Å². The van der Waals surface area contributed by atoms with Crippen LogP contribution in [0.5, 0.6) is 0 Å². The summed E-state index contributed by atoms with van der Waals surface area (Å²) >= 11 is 1.77. The van der Waals surface area contributed by atoms with Gasteiger partial charge in [-0.15, -0.1) is 11.8 Å². The number of ether oxygens (including phenoxy) is 1. The van der Waals surface area contributed by atoms with Crippen LogP contribution in [0.15, 0.2) is 41.3 Å². The predicted molar refractivity (Wildman–Crippen MR) is 83.4 cm³/mol. The molecule has 0 heterocycles. The maximum Gasteiger partial charge on any atom is 0.333 e. The van der Waals surface area contributed by atoms with Crippen LogP contribution in [-0.2, 0) is 16.0 Å². The van der Waals surface area contributed by atoms with Crippen LogP contribution in [0, 0.1) is 0 Å². The lowest BCUT2D eigenvalue weighted by atomic mass is 10.1. The molecule has 0 aliphatic carbocycles. The van der Waals surface area contributed by atoms with Gasteiger partial charge in [-0.2, -0.15) is 0 Å². The summed E-state index contributed by atoms with van der Waals surface area (Å²) in [5.41, 5.74) is 0.985. The predicted octanol–water partition coefficient (Wildman–Crippen LogP) is 3.78. The highest BCUT2D eigenvalue weighted by molar-refractivity contribution is 7.99. The van der Waals surface area contributed by atoms with Crippen molar-refractivity contribution in [3.63, 3.8) is 0 Å². The minimum absolute atomic E-state index is 0.407. The summed E-state index contributed by atoms with van der Waals surface area (Å²) in [4.78, 5) is 12.2. The zero-order valence-electron chi connectivity index (χ0n) is 12.0. The highest BCUT2D eigenvalue weighted by Gasteiger charge is 2.17. The van der Waals surface area contributed by atoms with Crippen LogP contribution in [0.3, 0.4) is 0 Å². The molecule has 1 rings (SSSR count). The van der Waals surface area contributed by atoms with E-state index >= 15 is 0 Å². The molecule has 0 amide bonds. The number of allylic oxidation sites excluding steroid dienone is 1.